The predicted octanol–water partition coefficient (Wildman–Crippen LogP) is 3.88. The van der Waals surface area contributed by atoms with Crippen LogP contribution in [0.5, 0.6) is 0 Å². The molecule has 0 aliphatic carbocycles. The van der Waals surface area contributed by atoms with E-state index in [9.17, 15) is 4.39 Å². The van der Waals surface area contributed by atoms with Crippen LogP contribution in [0.4, 0.5) is 4.39 Å². The molecule has 20 heavy (non-hydrogen) atoms. The molecule has 0 saturated heterocycles. The van der Waals surface area contributed by atoms with Gasteiger partial charge >= 0.3 is 0 Å². The Balaban J connectivity index is 2.02. The minimum absolute atomic E-state index is 0.202. The van der Waals surface area contributed by atoms with Crippen LogP contribution in [-0.4, -0.2) is 15.5 Å². The third-order valence-electron chi connectivity index (χ3n) is 2.86. The number of thioether (sulfide) groups is 1. The van der Waals surface area contributed by atoms with Crippen molar-refractivity contribution in [3.8, 4) is 0 Å². The van der Waals surface area contributed by atoms with Crippen molar-refractivity contribution in [2.45, 2.75) is 30.8 Å². The zero-order chi connectivity index (χ0) is 14.5. The number of hydrogen-bond donors (Lipinski definition) is 1. The smallest absolute Gasteiger partial charge is 0.123 e. The first-order chi connectivity index (χ1) is 9.61. The van der Waals surface area contributed by atoms with Gasteiger partial charge in [0.15, 0.2) is 0 Å². The van der Waals surface area contributed by atoms with Crippen molar-refractivity contribution in [1.29, 1.82) is 0 Å². The minimum atomic E-state index is -0.234. The lowest BCUT2D eigenvalue weighted by atomic mass is 10.2. The summed E-state index contributed by atoms with van der Waals surface area (Å²) in [6.07, 6.45) is 2.61. The molecule has 0 saturated carbocycles. The van der Waals surface area contributed by atoms with Gasteiger partial charge < -0.3 is 5.73 Å². The number of aromatic nitrogens is 2. The van der Waals surface area contributed by atoms with Gasteiger partial charge in [-0.1, -0.05) is 18.5 Å². The molecule has 1 aromatic heterocycles. The molecule has 1 atom stereocenters. The number of aryl methyl sites for hydroxylation is 1. The van der Waals surface area contributed by atoms with Crippen molar-refractivity contribution in [3.63, 3.8) is 0 Å². The summed E-state index contributed by atoms with van der Waals surface area (Å²) in [4.78, 5) is 0.986. The van der Waals surface area contributed by atoms with Crippen LogP contribution < -0.4 is 5.73 Å². The van der Waals surface area contributed by atoms with Crippen LogP contribution in [0.3, 0.4) is 0 Å². The SMILES string of the molecule is CCCn1ncc(Cl)c1C(N)CSc1ccc(F)cc1. The molecule has 1 aromatic carbocycles. The highest BCUT2D eigenvalue weighted by atomic mass is 35.5. The van der Waals surface area contributed by atoms with Crippen LogP contribution in [0.25, 0.3) is 0 Å². The van der Waals surface area contributed by atoms with Crippen LogP contribution >= 0.6 is 23.4 Å². The van der Waals surface area contributed by atoms with Crippen LogP contribution in [-0.2, 0) is 6.54 Å². The monoisotopic (exact) mass is 313 g/mol. The molecule has 6 heteroatoms. The quantitative estimate of drug-likeness (QED) is 0.823. The van der Waals surface area contributed by atoms with Gasteiger partial charge in [-0.3, -0.25) is 4.68 Å². The average Bonchev–Trinajstić information content (AvgIpc) is 2.79. The summed E-state index contributed by atoms with van der Waals surface area (Å²) in [6.45, 7) is 2.88. The number of nitrogens with two attached hydrogens (primary N) is 1. The molecule has 2 N–H and O–H groups in total. The molecule has 0 fully saturated rings. The Hall–Kier alpha value is -1.04. The molecule has 2 rings (SSSR count). The Morgan fingerprint density at radius 2 is 2.10 bits per heavy atom. The van der Waals surface area contributed by atoms with Crippen LogP contribution in [0, 0.1) is 5.82 Å². The lowest BCUT2D eigenvalue weighted by Crippen LogP contribution is -2.19. The standard InChI is InChI=1S/C14H17ClFN3S/c1-2-7-19-14(12(15)8-18-19)13(17)9-20-11-5-3-10(16)4-6-11/h3-6,8,13H,2,7,9,17H2,1H3. The Bertz CT molecular complexity index is 556. The van der Waals surface area contributed by atoms with Gasteiger partial charge in [-0.05, 0) is 30.7 Å². The number of benzene rings is 1. The van der Waals surface area contributed by atoms with E-state index in [2.05, 4.69) is 12.0 Å². The molecule has 1 heterocycles. The second-order valence-electron chi connectivity index (χ2n) is 4.47. The van der Waals surface area contributed by atoms with Crippen molar-refractivity contribution in [1.82, 2.24) is 9.78 Å². The number of rotatable bonds is 6. The lowest BCUT2D eigenvalue weighted by molar-refractivity contribution is 0.554. The molecular formula is C14H17ClFN3S. The maximum Gasteiger partial charge on any atom is 0.123 e. The highest BCUT2D eigenvalue weighted by molar-refractivity contribution is 7.99. The minimum Gasteiger partial charge on any atom is -0.322 e. The summed E-state index contributed by atoms with van der Waals surface area (Å²) in [5.41, 5.74) is 7.07. The molecule has 0 amide bonds. The molecule has 108 valence electrons. The van der Waals surface area contributed by atoms with Crippen LogP contribution in [0.15, 0.2) is 35.4 Å². The Morgan fingerprint density at radius 1 is 1.40 bits per heavy atom. The van der Waals surface area contributed by atoms with E-state index in [4.69, 9.17) is 17.3 Å². The second kappa shape index (κ2) is 7.11. The first-order valence-corrected chi connectivity index (χ1v) is 7.83. The Labute approximate surface area is 127 Å². The van der Waals surface area contributed by atoms with Crippen LogP contribution in [0.1, 0.15) is 25.1 Å². The van der Waals surface area contributed by atoms with E-state index in [1.807, 2.05) is 4.68 Å². The Kier molecular flexibility index (Phi) is 5.46. The molecule has 0 bridgehead atoms. The summed E-state index contributed by atoms with van der Waals surface area (Å²) in [5, 5.41) is 4.84. The first kappa shape index (κ1) is 15.4. The number of halogens is 2. The topological polar surface area (TPSA) is 43.8 Å². The van der Waals surface area contributed by atoms with Crippen molar-refractivity contribution in [2.24, 2.45) is 5.73 Å². The fourth-order valence-electron chi connectivity index (χ4n) is 1.93. The van der Waals surface area contributed by atoms with E-state index >= 15 is 0 Å². The van der Waals surface area contributed by atoms with Gasteiger partial charge in [0.05, 0.1) is 23.0 Å². The summed E-state index contributed by atoms with van der Waals surface area (Å²) in [5.74, 6) is 0.434. The molecule has 0 radical (unpaired) electrons. The van der Waals surface area contributed by atoms with Crippen molar-refractivity contribution >= 4 is 23.4 Å². The zero-order valence-electron chi connectivity index (χ0n) is 11.2. The van der Waals surface area contributed by atoms with E-state index in [0.717, 1.165) is 23.6 Å². The van der Waals surface area contributed by atoms with Gasteiger partial charge in [0.1, 0.15) is 5.82 Å². The maximum atomic E-state index is 12.8. The van der Waals surface area contributed by atoms with Gasteiger partial charge in [0, 0.05) is 17.2 Å². The molecule has 2 aromatic rings. The average molecular weight is 314 g/mol. The van der Waals surface area contributed by atoms with E-state index in [1.54, 1.807) is 30.1 Å². The summed E-state index contributed by atoms with van der Waals surface area (Å²) in [7, 11) is 0. The zero-order valence-corrected chi connectivity index (χ0v) is 12.8. The summed E-state index contributed by atoms with van der Waals surface area (Å²) < 4.78 is 14.7. The van der Waals surface area contributed by atoms with E-state index < -0.39 is 0 Å². The Morgan fingerprint density at radius 3 is 2.75 bits per heavy atom. The normalized spacial score (nSPS) is 12.6. The number of hydrogen-bond acceptors (Lipinski definition) is 3. The molecule has 0 aliphatic rings. The third-order valence-corrected chi connectivity index (χ3v) is 4.29. The lowest BCUT2D eigenvalue weighted by Gasteiger charge is -2.14. The van der Waals surface area contributed by atoms with Gasteiger partial charge in [0.25, 0.3) is 0 Å². The van der Waals surface area contributed by atoms with Gasteiger partial charge in [0.2, 0.25) is 0 Å². The van der Waals surface area contributed by atoms with E-state index in [0.29, 0.717) is 10.8 Å². The molecular weight excluding hydrogens is 297 g/mol. The van der Waals surface area contributed by atoms with Crippen LogP contribution in [0.2, 0.25) is 5.02 Å². The van der Waals surface area contributed by atoms with E-state index in [-0.39, 0.29) is 11.9 Å². The van der Waals surface area contributed by atoms with Crippen molar-refractivity contribution in [2.75, 3.05) is 5.75 Å². The molecule has 1 unspecified atom stereocenters. The third kappa shape index (κ3) is 3.75. The molecule has 0 spiro atoms. The molecule has 3 nitrogen and oxygen atoms in total. The van der Waals surface area contributed by atoms with E-state index in [1.165, 1.54) is 12.1 Å². The summed E-state index contributed by atoms with van der Waals surface area (Å²) in [6, 6.07) is 6.19. The fraction of sp³-hybridized carbons (Fsp3) is 0.357. The molecule has 0 aliphatic heterocycles. The highest BCUT2D eigenvalue weighted by Gasteiger charge is 2.16. The number of nitrogens with zero attached hydrogens (tertiary/aromatic N) is 2. The largest absolute Gasteiger partial charge is 0.322 e. The summed E-state index contributed by atoms with van der Waals surface area (Å²) >= 11 is 7.74. The second-order valence-corrected chi connectivity index (χ2v) is 5.97. The van der Waals surface area contributed by atoms with Gasteiger partial charge in [-0.2, -0.15) is 5.10 Å². The van der Waals surface area contributed by atoms with Gasteiger partial charge in [-0.25, -0.2) is 4.39 Å². The van der Waals surface area contributed by atoms with Crippen molar-refractivity contribution in [3.05, 3.63) is 47.0 Å². The maximum absolute atomic E-state index is 12.8. The fourth-order valence-corrected chi connectivity index (χ4v) is 3.07. The first-order valence-electron chi connectivity index (χ1n) is 6.47. The van der Waals surface area contributed by atoms with Gasteiger partial charge in [-0.15, -0.1) is 11.8 Å². The predicted molar refractivity (Wildman–Crippen MR) is 81.6 cm³/mol. The van der Waals surface area contributed by atoms with Crippen molar-refractivity contribution < 1.29 is 4.39 Å². The highest BCUT2D eigenvalue weighted by Crippen LogP contribution is 2.27.